The van der Waals surface area contributed by atoms with E-state index in [1.807, 2.05) is 6.08 Å². The van der Waals surface area contributed by atoms with Crippen LogP contribution in [0.3, 0.4) is 0 Å². The van der Waals surface area contributed by atoms with E-state index in [1.165, 1.54) is 46.4 Å². The molecule has 0 aliphatic heterocycles. The van der Waals surface area contributed by atoms with Gasteiger partial charge in [0.05, 0.1) is 5.56 Å². The minimum atomic E-state index is -0.865. The Kier molecular flexibility index (Phi) is 4.87. The third-order valence-corrected chi connectivity index (χ3v) is 6.69. The molecule has 3 heteroatoms. The minimum Gasteiger partial charge on any atom is -0.478 e. The van der Waals surface area contributed by atoms with E-state index in [4.69, 9.17) is 5.11 Å². The first kappa shape index (κ1) is 18.9. The molecule has 138 valence electrons. The lowest BCUT2D eigenvalue weighted by Gasteiger charge is -2.42. The lowest BCUT2D eigenvalue weighted by molar-refractivity contribution is 0.0697. The van der Waals surface area contributed by atoms with Crippen LogP contribution in [0.25, 0.3) is 6.08 Å². The molecule has 1 aliphatic carbocycles. The van der Waals surface area contributed by atoms with Crippen LogP contribution in [0.5, 0.6) is 0 Å². The molecule has 1 aliphatic rings. The lowest BCUT2D eigenvalue weighted by atomic mass is 9.62. The van der Waals surface area contributed by atoms with Crippen molar-refractivity contribution in [3.63, 3.8) is 0 Å². The first-order valence-electron chi connectivity index (χ1n) is 9.23. The molecular weight excluding hydrogens is 340 g/mol. The molecule has 0 saturated heterocycles. The quantitative estimate of drug-likeness (QED) is 0.682. The van der Waals surface area contributed by atoms with Crippen LogP contribution in [0.4, 0.5) is 0 Å². The number of aromatic carboxylic acids is 1. The van der Waals surface area contributed by atoms with Crippen molar-refractivity contribution >= 4 is 23.4 Å². The molecule has 0 saturated carbocycles. The van der Waals surface area contributed by atoms with Crippen molar-refractivity contribution in [2.24, 2.45) is 0 Å². The largest absolute Gasteiger partial charge is 0.478 e. The average molecular weight is 369 g/mol. The summed E-state index contributed by atoms with van der Waals surface area (Å²) >= 11 is 1.47. The predicted octanol–water partition coefficient (Wildman–Crippen LogP) is 6.36. The molecule has 0 bridgehead atoms. The maximum absolute atomic E-state index is 11.0. The highest BCUT2D eigenvalue weighted by Crippen LogP contribution is 2.46. The van der Waals surface area contributed by atoms with Gasteiger partial charge in [0.1, 0.15) is 0 Å². The molecule has 0 spiro atoms. The normalized spacial score (nSPS) is 18.0. The van der Waals surface area contributed by atoms with Crippen molar-refractivity contribution in [3.8, 4) is 0 Å². The molecular formula is C23H28O2S. The second kappa shape index (κ2) is 6.70. The number of thiophene rings is 1. The third kappa shape index (κ3) is 3.64. The molecule has 0 fully saturated rings. The van der Waals surface area contributed by atoms with Crippen LogP contribution in [-0.4, -0.2) is 11.1 Å². The van der Waals surface area contributed by atoms with Crippen molar-refractivity contribution in [2.75, 3.05) is 0 Å². The summed E-state index contributed by atoms with van der Waals surface area (Å²) in [6.07, 6.45) is 7.50. The van der Waals surface area contributed by atoms with Crippen LogP contribution in [0.1, 0.15) is 78.0 Å². The smallest absolute Gasteiger partial charge is 0.336 e. The number of benzene rings is 1. The van der Waals surface area contributed by atoms with Gasteiger partial charge in [0.2, 0.25) is 0 Å². The van der Waals surface area contributed by atoms with Crippen LogP contribution in [0, 0.1) is 6.92 Å². The number of carboxylic acids is 1. The predicted molar refractivity (Wildman–Crippen MR) is 110 cm³/mol. The number of hydrogen-bond acceptors (Lipinski definition) is 2. The molecule has 1 aromatic carbocycles. The molecule has 0 amide bonds. The fourth-order valence-electron chi connectivity index (χ4n) is 3.84. The molecule has 0 unspecified atom stereocenters. The Labute approximate surface area is 160 Å². The summed E-state index contributed by atoms with van der Waals surface area (Å²) < 4.78 is 0. The van der Waals surface area contributed by atoms with E-state index in [0.29, 0.717) is 5.56 Å². The van der Waals surface area contributed by atoms with E-state index >= 15 is 0 Å². The molecule has 0 atom stereocenters. The second-order valence-electron chi connectivity index (χ2n) is 8.74. The van der Waals surface area contributed by atoms with Crippen LogP contribution >= 0.6 is 11.3 Å². The van der Waals surface area contributed by atoms with Gasteiger partial charge in [-0.1, -0.05) is 45.9 Å². The van der Waals surface area contributed by atoms with Gasteiger partial charge < -0.3 is 5.11 Å². The Morgan fingerprint density at radius 1 is 1.12 bits per heavy atom. The summed E-state index contributed by atoms with van der Waals surface area (Å²) in [6.45, 7) is 11.6. The number of carboxylic acid groups (broad SMARTS) is 1. The monoisotopic (exact) mass is 368 g/mol. The zero-order chi connectivity index (χ0) is 19.1. The van der Waals surface area contributed by atoms with E-state index in [-0.39, 0.29) is 10.8 Å². The molecule has 1 N–H and O–H groups in total. The molecule has 26 heavy (non-hydrogen) atoms. The highest BCUT2D eigenvalue weighted by atomic mass is 32.1. The average Bonchev–Trinajstić information content (AvgIpc) is 3.02. The highest BCUT2D eigenvalue weighted by Gasteiger charge is 2.37. The molecule has 2 nitrogen and oxygen atoms in total. The number of hydrogen-bond donors (Lipinski definition) is 1. The zero-order valence-corrected chi connectivity index (χ0v) is 17.2. The van der Waals surface area contributed by atoms with E-state index in [0.717, 1.165) is 11.3 Å². The number of aryl methyl sites for hydroxylation is 1. The van der Waals surface area contributed by atoms with Crippen molar-refractivity contribution in [2.45, 2.75) is 64.7 Å². The minimum absolute atomic E-state index is 0.223. The van der Waals surface area contributed by atoms with E-state index < -0.39 is 5.97 Å². The third-order valence-electron chi connectivity index (χ3n) is 5.80. The first-order chi connectivity index (χ1) is 12.1. The topological polar surface area (TPSA) is 37.3 Å². The lowest BCUT2D eigenvalue weighted by Crippen LogP contribution is -2.34. The maximum atomic E-state index is 11.0. The SMILES string of the molecule is Cc1cc2c(cc1C/C=C/c1cc(C(=O)O)cs1)C(C)(C)CCC2(C)C. The summed E-state index contributed by atoms with van der Waals surface area (Å²) in [6, 6.07) is 6.54. The van der Waals surface area contributed by atoms with Crippen LogP contribution in [0.15, 0.2) is 29.7 Å². The fourth-order valence-corrected chi connectivity index (χ4v) is 4.64. The van der Waals surface area contributed by atoms with Crippen molar-refractivity contribution in [1.82, 2.24) is 0 Å². The van der Waals surface area contributed by atoms with Gasteiger partial charge >= 0.3 is 5.97 Å². The molecule has 1 heterocycles. The van der Waals surface area contributed by atoms with E-state index in [9.17, 15) is 4.79 Å². The molecule has 1 aromatic heterocycles. The Hall–Kier alpha value is -1.87. The van der Waals surface area contributed by atoms with Gasteiger partial charge in [0.15, 0.2) is 0 Å². The summed E-state index contributed by atoms with van der Waals surface area (Å²) in [5.74, 6) is -0.865. The molecule has 2 aromatic rings. The number of rotatable bonds is 4. The van der Waals surface area contributed by atoms with Gasteiger partial charge in [-0.25, -0.2) is 4.79 Å². The van der Waals surface area contributed by atoms with Gasteiger partial charge in [-0.15, -0.1) is 11.3 Å². The Morgan fingerprint density at radius 2 is 1.73 bits per heavy atom. The number of carbonyl (C=O) groups is 1. The van der Waals surface area contributed by atoms with Crippen LogP contribution < -0.4 is 0 Å². The summed E-state index contributed by atoms with van der Waals surface area (Å²) in [7, 11) is 0. The summed E-state index contributed by atoms with van der Waals surface area (Å²) in [4.78, 5) is 12.0. The van der Waals surface area contributed by atoms with Gasteiger partial charge in [0.25, 0.3) is 0 Å². The van der Waals surface area contributed by atoms with Gasteiger partial charge in [0, 0.05) is 10.3 Å². The Morgan fingerprint density at radius 3 is 2.31 bits per heavy atom. The van der Waals surface area contributed by atoms with E-state index in [1.54, 1.807) is 11.4 Å². The number of fused-ring (bicyclic) bond motifs is 1. The van der Waals surface area contributed by atoms with Crippen molar-refractivity contribution < 1.29 is 9.90 Å². The van der Waals surface area contributed by atoms with Crippen LogP contribution in [-0.2, 0) is 17.3 Å². The number of allylic oxidation sites excluding steroid dienone is 1. The second-order valence-corrected chi connectivity index (χ2v) is 9.68. The molecule has 3 rings (SSSR count). The Bertz CT molecular complexity index is 868. The van der Waals surface area contributed by atoms with Gasteiger partial charge in [-0.05, 0) is 71.4 Å². The van der Waals surface area contributed by atoms with Crippen molar-refractivity contribution in [3.05, 3.63) is 62.3 Å². The maximum Gasteiger partial charge on any atom is 0.336 e. The van der Waals surface area contributed by atoms with Crippen LogP contribution in [0.2, 0.25) is 0 Å². The summed E-state index contributed by atoms with van der Waals surface area (Å²) in [5, 5.41) is 10.7. The van der Waals surface area contributed by atoms with Gasteiger partial charge in [-0.3, -0.25) is 0 Å². The van der Waals surface area contributed by atoms with Crippen molar-refractivity contribution in [1.29, 1.82) is 0 Å². The summed E-state index contributed by atoms with van der Waals surface area (Å²) in [5.41, 5.74) is 6.53. The zero-order valence-electron chi connectivity index (χ0n) is 16.3. The first-order valence-corrected chi connectivity index (χ1v) is 10.1. The van der Waals surface area contributed by atoms with E-state index in [2.05, 4.69) is 52.8 Å². The highest BCUT2D eigenvalue weighted by molar-refractivity contribution is 7.11. The van der Waals surface area contributed by atoms with Gasteiger partial charge in [-0.2, -0.15) is 0 Å². The molecule has 0 radical (unpaired) electrons. The Balaban J connectivity index is 1.87. The fraction of sp³-hybridized carbons (Fsp3) is 0.435. The standard InChI is InChI=1S/C23H28O2S/c1-15-11-19-20(23(4,5)10-9-22(19,2)3)13-16(15)7-6-8-18-12-17(14-26-18)21(24)25/h6,8,11-14H,7,9-10H2,1-5H3,(H,24,25)/b8-6+.